The molecule has 0 spiro atoms. The van der Waals surface area contributed by atoms with Crippen molar-refractivity contribution in [3.8, 4) is 0 Å². The van der Waals surface area contributed by atoms with Crippen molar-refractivity contribution in [2.75, 3.05) is 12.9 Å². The number of aromatic nitrogens is 5. The zero-order valence-corrected chi connectivity index (χ0v) is 12.6. The number of aliphatic hydroxyl groups excluding tert-OH is 2. The molecule has 0 unspecified atom stereocenters. The fraction of sp³-hybridized carbons (Fsp3) is 0.462. The summed E-state index contributed by atoms with van der Waals surface area (Å²) in [7, 11) is 0. The minimum absolute atomic E-state index is 0.206. The minimum Gasteiger partial charge on any atom is -0.394 e. The van der Waals surface area contributed by atoms with Crippen molar-refractivity contribution in [2.45, 2.75) is 29.9 Å². The van der Waals surface area contributed by atoms with E-state index in [4.69, 9.17) is 4.74 Å². The van der Waals surface area contributed by atoms with Crippen LogP contribution >= 0.6 is 11.8 Å². The molecule has 3 aromatic heterocycles. The summed E-state index contributed by atoms with van der Waals surface area (Å²) in [6.45, 7) is -0.206. The van der Waals surface area contributed by atoms with Gasteiger partial charge in [0.2, 0.25) is 5.78 Å². The second-order valence-electron chi connectivity index (χ2n) is 5.16. The zero-order valence-electron chi connectivity index (χ0n) is 11.8. The van der Waals surface area contributed by atoms with E-state index >= 15 is 0 Å². The quantitative estimate of drug-likeness (QED) is 0.533. The summed E-state index contributed by atoms with van der Waals surface area (Å²) in [5.41, 5.74) is 1.59. The molecule has 2 N–H and O–H groups in total. The molecule has 0 bridgehead atoms. The molecule has 1 aliphatic rings. The van der Waals surface area contributed by atoms with E-state index in [0.29, 0.717) is 12.2 Å². The van der Waals surface area contributed by atoms with E-state index in [2.05, 4.69) is 15.0 Å². The Labute approximate surface area is 129 Å². The standard InChI is InChI=1S/C13H15N5O3S/c1-22-11-10-12(17-3-2-14-13(17)16-11)18(6-15-10)9-4-7(20)8(5-19)21-9/h2-3,6-9,19-20H,4-5H2,1H3/t7-,8+,9+/m0/s1. The number of aliphatic hydroxyl groups is 2. The largest absolute Gasteiger partial charge is 0.394 e. The van der Waals surface area contributed by atoms with Gasteiger partial charge in [0.05, 0.1) is 19.0 Å². The summed E-state index contributed by atoms with van der Waals surface area (Å²) >= 11 is 1.51. The normalized spacial score (nSPS) is 25.5. The fourth-order valence-electron chi connectivity index (χ4n) is 2.83. The number of hydrogen-bond donors (Lipinski definition) is 2. The van der Waals surface area contributed by atoms with Crippen molar-refractivity contribution in [3.63, 3.8) is 0 Å². The number of ether oxygens (including phenoxy) is 1. The first kappa shape index (κ1) is 13.9. The molecule has 0 aliphatic carbocycles. The van der Waals surface area contributed by atoms with Gasteiger partial charge in [0.1, 0.15) is 22.9 Å². The first-order valence-electron chi connectivity index (χ1n) is 6.91. The number of imidazole rings is 2. The Balaban J connectivity index is 1.90. The lowest BCUT2D eigenvalue weighted by atomic mass is 10.2. The molecule has 22 heavy (non-hydrogen) atoms. The van der Waals surface area contributed by atoms with Gasteiger partial charge in [-0.15, -0.1) is 11.8 Å². The van der Waals surface area contributed by atoms with Crippen LogP contribution in [0.3, 0.4) is 0 Å². The molecule has 9 heteroatoms. The average Bonchev–Trinajstić information content (AvgIpc) is 3.22. The van der Waals surface area contributed by atoms with Gasteiger partial charge in [-0.25, -0.2) is 15.0 Å². The van der Waals surface area contributed by atoms with Gasteiger partial charge in [-0.1, -0.05) is 0 Å². The average molecular weight is 321 g/mol. The first-order valence-corrected chi connectivity index (χ1v) is 8.13. The highest BCUT2D eigenvalue weighted by molar-refractivity contribution is 7.98. The van der Waals surface area contributed by atoms with Crippen LogP contribution in [0.4, 0.5) is 0 Å². The number of hydrogen-bond acceptors (Lipinski definition) is 7. The van der Waals surface area contributed by atoms with Crippen LogP contribution < -0.4 is 0 Å². The predicted octanol–water partition coefficient (Wildman–Crippen LogP) is 0.442. The summed E-state index contributed by atoms with van der Waals surface area (Å²) in [4.78, 5) is 13.2. The van der Waals surface area contributed by atoms with Crippen LogP contribution in [-0.2, 0) is 4.74 Å². The van der Waals surface area contributed by atoms with Crippen molar-refractivity contribution in [3.05, 3.63) is 18.7 Å². The van der Waals surface area contributed by atoms with Crippen LogP contribution in [0.2, 0.25) is 0 Å². The van der Waals surface area contributed by atoms with Crippen LogP contribution in [0.1, 0.15) is 12.6 Å². The van der Waals surface area contributed by atoms with Crippen LogP contribution in [-0.4, -0.2) is 59.2 Å². The van der Waals surface area contributed by atoms with Crippen molar-refractivity contribution < 1.29 is 14.9 Å². The Morgan fingerprint density at radius 3 is 3.05 bits per heavy atom. The van der Waals surface area contributed by atoms with Crippen LogP contribution in [0, 0.1) is 0 Å². The second kappa shape index (κ2) is 5.20. The van der Waals surface area contributed by atoms with Gasteiger partial charge in [0.15, 0.2) is 5.65 Å². The molecule has 3 aromatic rings. The van der Waals surface area contributed by atoms with Crippen molar-refractivity contribution in [1.82, 2.24) is 23.9 Å². The third-order valence-corrected chi connectivity index (χ3v) is 4.58. The van der Waals surface area contributed by atoms with Gasteiger partial charge < -0.3 is 14.9 Å². The van der Waals surface area contributed by atoms with E-state index in [1.165, 1.54) is 11.8 Å². The van der Waals surface area contributed by atoms with E-state index in [0.717, 1.165) is 16.2 Å². The van der Waals surface area contributed by atoms with Gasteiger partial charge in [0, 0.05) is 18.8 Å². The summed E-state index contributed by atoms with van der Waals surface area (Å²) in [6.07, 6.45) is 5.91. The van der Waals surface area contributed by atoms with E-state index in [9.17, 15) is 10.2 Å². The van der Waals surface area contributed by atoms with Crippen molar-refractivity contribution in [1.29, 1.82) is 0 Å². The van der Waals surface area contributed by atoms with Crippen LogP contribution in [0.5, 0.6) is 0 Å². The minimum atomic E-state index is -0.687. The highest BCUT2D eigenvalue weighted by atomic mass is 32.2. The van der Waals surface area contributed by atoms with Gasteiger partial charge in [-0.2, -0.15) is 0 Å². The Bertz CT molecular complexity index is 832. The fourth-order valence-corrected chi connectivity index (χ4v) is 3.34. The molecule has 0 radical (unpaired) electrons. The molecular weight excluding hydrogens is 306 g/mol. The topological polar surface area (TPSA) is 97.7 Å². The number of nitrogens with zero attached hydrogens (tertiary/aromatic N) is 5. The van der Waals surface area contributed by atoms with Crippen LogP contribution in [0.25, 0.3) is 16.9 Å². The van der Waals surface area contributed by atoms with E-state index in [1.807, 2.05) is 21.4 Å². The maximum Gasteiger partial charge on any atom is 0.236 e. The SMILES string of the molecule is CSc1nc2nccn2c2c1ncn2[C@H]1C[C@H](O)[C@@H](CO)O1. The Morgan fingerprint density at radius 1 is 1.45 bits per heavy atom. The van der Waals surface area contributed by atoms with Crippen LogP contribution in [0.15, 0.2) is 23.7 Å². The molecular formula is C13H15N5O3S. The Hall–Kier alpha value is -1.68. The Kier molecular flexibility index (Phi) is 3.30. The summed E-state index contributed by atoms with van der Waals surface area (Å²) < 4.78 is 9.45. The summed E-state index contributed by atoms with van der Waals surface area (Å²) in [5.74, 6) is 0.593. The Morgan fingerprint density at radius 2 is 2.32 bits per heavy atom. The lowest BCUT2D eigenvalue weighted by Gasteiger charge is -2.14. The van der Waals surface area contributed by atoms with Crippen molar-refractivity contribution >= 4 is 28.7 Å². The van der Waals surface area contributed by atoms with Gasteiger partial charge in [-0.05, 0) is 6.26 Å². The molecule has 1 aliphatic heterocycles. The molecule has 1 fully saturated rings. The van der Waals surface area contributed by atoms with E-state index < -0.39 is 12.2 Å². The molecule has 0 aromatic carbocycles. The molecule has 0 amide bonds. The summed E-state index contributed by atoms with van der Waals surface area (Å²) in [5, 5.41) is 20.0. The number of fused-ring (bicyclic) bond motifs is 3. The smallest absolute Gasteiger partial charge is 0.236 e. The number of thioether (sulfide) groups is 1. The zero-order chi connectivity index (χ0) is 15.3. The highest BCUT2D eigenvalue weighted by Crippen LogP contribution is 2.33. The summed E-state index contributed by atoms with van der Waals surface area (Å²) in [6, 6.07) is 0. The van der Waals surface area contributed by atoms with Gasteiger partial charge in [-0.3, -0.25) is 8.97 Å². The highest BCUT2D eigenvalue weighted by Gasteiger charge is 2.35. The second-order valence-corrected chi connectivity index (χ2v) is 5.95. The maximum absolute atomic E-state index is 9.95. The van der Waals surface area contributed by atoms with Gasteiger partial charge in [0.25, 0.3) is 0 Å². The maximum atomic E-state index is 9.95. The predicted molar refractivity (Wildman–Crippen MR) is 79.7 cm³/mol. The third kappa shape index (κ3) is 1.93. The monoisotopic (exact) mass is 321 g/mol. The molecule has 116 valence electrons. The molecule has 1 saturated heterocycles. The molecule has 3 atom stereocenters. The molecule has 0 saturated carbocycles. The first-order chi connectivity index (χ1) is 10.7. The van der Waals surface area contributed by atoms with Crippen molar-refractivity contribution in [2.24, 2.45) is 0 Å². The number of rotatable bonds is 3. The lowest BCUT2D eigenvalue weighted by molar-refractivity contribution is -0.0432. The molecule has 4 heterocycles. The lowest BCUT2D eigenvalue weighted by Crippen LogP contribution is -2.24. The van der Waals surface area contributed by atoms with Gasteiger partial charge >= 0.3 is 0 Å². The van der Waals surface area contributed by atoms with E-state index in [-0.39, 0.29) is 12.8 Å². The third-order valence-electron chi connectivity index (χ3n) is 3.91. The van der Waals surface area contributed by atoms with E-state index in [1.54, 1.807) is 12.5 Å². The molecule has 8 nitrogen and oxygen atoms in total. The molecule has 4 rings (SSSR count).